The number of aromatic nitrogens is 2. The second kappa shape index (κ2) is 6.02. The highest BCUT2D eigenvalue weighted by Gasteiger charge is 2.10. The molecule has 2 aromatic rings. The third-order valence-electron chi connectivity index (χ3n) is 2.50. The maximum atomic E-state index is 10.9. The summed E-state index contributed by atoms with van der Waals surface area (Å²) in [6.07, 6.45) is 1.44. The number of hydrogen-bond acceptors (Lipinski definition) is 6. The summed E-state index contributed by atoms with van der Waals surface area (Å²) in [5.74, 6) is 1.52. The van der Waals surface area contributed by atoms with E-state index < -0.39 is 10.0 Å². The predicted molar refractivity (Wildman–Crippen MR) is 72.8 cm³/mol. The number of rotatable bonds is 6. The van der Waals surface area contributed by atoms with Crippen LogP contribution >= 0.6 is 0 Å². The van der Waals surface area contributed by atoms with Gasteiger partial charge >= 0.3 is 0 Å². The summed E-state index contributed by atoms with van der Waals surface area (Å²) in [5.41, 5.74) is 0.774. The maximum absolute atomic E-state index is 10.9. The number of hydrogen-bond donors (Lipinski definition) is 1. The molecule has 0 aliphatic rings. The number of methoxy groups -OCH3 is 1. The lowest BCUT2D eigenvalue weighted by molar-refractivity contribution is 0.379. The van der Waals surface area contributed by atoms with E-state index in [0.29, 0.717) is 23.9 Å². The Hall–Kier alpha value is -1.93. The molecule has 0 bridgehead atoms. The van der Waals surface area contributed by atoms with Gasteiger partial charge in [-0.1, -0.05) is 17.3 Å². The zero-order valence-corrected chi connectivity index (χ0v) is 12.0. The SMILES string of the molecule is COc1cccc(-c2noc(CCNS(C)(=O)=O)n2)c1. The van der Waals surface area contributed by atoms with Crippen molar-refractivity contribution in [1.82, 2.24) is 14.9 Å². The van der Waals surface area contributed by atoms with E-state index in [1.165, 1.54) is 0 Å². The van der Waals surface area contributed by atoms with Crippen molar-refractivity contribution < 1.29 is 17.7 Å². The van der Waals surface area contributed by atoms with E-state index in [0.717, 1.165) is 11.8 Å². The first-order valence-corrected chi connectivity index (χ1v) is 7.79. The Morgan fingerprint density at radius 2 is 2.20 bits per heavy atom. The van der Waals surface area contributed by atoms with Crippen LogP contribution < -0.4 is 9.46 Å². The Labute approximate surface area is 117 Å². The molecule has 8 heteroatoms. The van der Waals surface area contributed by atoms with Crippen LogP contribution in [0, 0.1) is 0 Å². The fourth-order valence-corrected chi connectivity index (χ4v) is 2.05. The van der Waals surface area contributed by atoms with Gasteiger partial charge in [0.25, 0.3) is 0 Å². The molecule has 1 N–H and O–H groups in total. The molecule has 0 saturated heterocycles. The first kappa shape index (κ1) is 14.5. The molecule has 0 unspecified atom stereocenters. The van der Waals surface area contributed by atoms with Gasteiger partial charge in [-0.2, -0.15) is 4.98 Å². The summed E-state index contributed by atoms with van der Waals surface area (Å²) >= 11 is 0. The number of ether oxygens (including phenoxy) is 1. The van der Waals surface area contributed by atoms with Gasteiger partial charge in [-0.25, -0.2) is 13.1 Å². The van der Waals surface area contributed by atoms with Crippen LogP contribution in [0.2, 0.25) is 0 Å². The lowest BCUT2D eigenvalue weighted by Crippen LogP contribution is -2.24. The number of nitrogens with zero attached hydrogens (tertiary/aromatic N) is 2. The van der Waals surface area contributed by atoms with Gasteiger partial charge in [-0.15, -0.1) is 0 Å². The molecule has 0 spiro atoms. The first-order chi connectivity index (χ1) is 9.48. The van der Waals surface area contributed by atoms with Crippen molar-refractivity contribution in [1.29, 1.82) is 0 Å². The summed E-state index contributed by atoms with van der Waals surface area (Å²) in [6.45, 7) is 0.221. The molecule has 2 rings (SSSR count). The minimum atomic E-state index is -3.21. The predicted octanol–water partition coefficient (Wildman–Crippen LogP) is 0.837. The summed E-state index contributed by atoms with van der Waals surface area (Å²) in [6, 6.07) is 7.28. The van der Waals surface area contributed by atoms with Gasteiger partial charge in [0.05, 0.1) is 13.4 Å². The molecule has 0 aliphatic heterocycles. The zero-order chi connectivity index (χ0) is 14.6. The first-order valence-electron chi connectivity index (χ1n) is 5.89. The average Bonchev–Trinajstić information content (AvgIpc) is 2.86. The van der Waals surface area contributed by atoms with Crippen LogP contribution in [0.15, 0.2) is 28.8 Å². The van der Waals surface area contributed by atoms with Crippen molar-refractivity contribution in [2.75, 3.05) is 19.9 Å². The molecule has 0 atom stereocenters. The van der Waals surface area contributed by atoms with Crippen LogP contribution in [0.25, 0.3) is 11.4 Å². The summed E-state index contributed by atoms with van der Waals surface area (Å²) < 4.78 is 34.4. The standard InChI is InChI=1S/C12H15N3O4S/c1-18-10-5-3-4-9(8-10)12-14-11(19-15-12)6-7-13-20(2,16)17/h3-5,8,13H,6-7H2,1-2H3. The monoisotopic (exact) mass is 297 g/mol. The molecule has 0 radical (unpaired) electrons. The minimum Gasteiger partial charge on any atom is -0.497 e. The lowest BCUT2D eigenvalue weighted by Gasteiger charge is -2.00. The quantitative estimate of drug-likeness (QED) is 0.849. The van der Waals surface area contributed by atoms with Crippen LogP contribution in [-0.4, -0.2) is 38.5 Å². The average molecular weight is 297 g/mol. The molecule has 0 fully saturated rings. The van der Waals surface area contributed by atoms with Crippen LogP contribution in [-0.2, 0) is 16.4 Å². The Kier molecular flexibility index (Phi) is 4.35. The Morgan fingerprint density at radius 1 is 1.40 bits per heavy atom. The minimum absolute atomic E-state index is 0.221. The second-order valence-corrected chi connectivity index (χ2v) is 5.99. The van der Waals surface area contributed by atoms with Crippen LogP contribution in [0.1, 0.15) is 5.89 Å². The molecule has 0 aliphatic carbocycles. The van der Waals surface area contributed by atoms with Crippen LogP contribution in [0.3, 0.4) is 0 Å². The smallest absolute Gasteiger partial charge is 0.228 e. The number of sulfonamides is 1. The molecule has 1 aromatic carbocycles. The lowest BCUT2D eigenvalue weighted by atomic mass is 10.2. The number of nitrogens with one attached hydrogen (secondary N) is 1. The van der Waals surface area contributed by atoms with Gasteiger partial charge in [0, 0.05) is 18.5 Å². The molecular formula is C12H15N3O4S. The fraction of sp³-hybridized carbons (Fsp3) is 0.333. The van der Waals surface area contributed by atoms with Crippen molar-refractivity contribution >= 4 is 10.0 Å². The van der Waals surface area contributed by atoms with Crippen LogP contribution in [0.5, 0.6) is 5.75 Å². The van der Waals surface area contributed by atoms with Crippen molar-refractivity contribution in [3.8, 4) is 17.1 Å². The van der Waals surface area contributed by atoms with E-state index in [1.807, 2.05) is 18.2 Å². The summed E-state index contributed by atoms with van der Waals surface area (Å²) in [7, 11) is -1.62. The van der Waals surface area contributed by atoms with E-state index in [2.05, 4.69) is 14.9 Å². The van der Waals surface area contributed by atoms with Crippen molar-refractivity contribution in [3.05, 3.63) is 30.2 Å². The van der Waals surface area contributed by atoms with E-state index in [9.17, 15) is 8.42 Å². The molecule has 7 nitrogen and oxygen atoms in total. The van der Waals surface area contributed by atoms with Crippen molar-refractivity contribution in [2.45, 2.75) is 6.42 Å². The maximum Gasteiger partial charge on any atom is 0.228 e. The summed E-state index contributed by atoms with van der Waals surface area (Å²) in [4.78, 5) is 4.21. The third-order valence-corrected chi connectivity index (χ3v) is 3.23. The Bertz CT molecular complexity index is 682. The van der Waals surface area contributed by atoms with E-state index in [4.69, 9.17) is 9.26 Å². The molecule has 1 heterocycles. The van der Waals surface area contributed by atoms with Crippen molar-refractivity contribution in [2.24, 2.45) is 0 Å². The molecule has 0 amide bonds. The highest BCUT2D eigenvalue weighted by atomic mass is 32.2. The van der Waals surface area contributed by atoms with E-state index >= 15 is 0 Å². The fourth-order valence-electron chi connectivity index (χ4n) is 1.58. The van der Waals surface area contributed by atoms with Gasteiger partial charge in [-0.05, 0) is 12.1 Å². The largest absolute Gasteiger partial charge is 0.497 e. The molecule has 108 valence electrons. The van der Waals surface area contributed by atoms with E-state index in [-0.39, 0.29) is 6.54 Å². The van der Waals surface area contributed by atoms with Crippen molar-refractivity contribution in [3.63, 3.8) is 0 Å². The van der Waals surface area contributed by atoms with Gasteiger partial charge in [-0.3, -0.25) is 0 Å². The van der Waals surface area contributed by atoms with Gasteiger partial charge in [0.2, 0.25) is 21.7 Å². The number of benzene rings is 1. The third kappa shape index (κ3) is 4.04. The zero-order valence-electron chi connectivity index (χ0n) is 11.2. The Balaban J connectivity index is 2.04. The van der Waals surface area contributed by atoms with Gasteiger partial charge in [0.15, 0.2) is 0 Å². The highest BCUT2D eigenvalue weighted by Crippen LogP contribution is 2.21. The Morgan fingerprint density at radius 3 is 2.90 bits per heavy atom. The summed E-state index contributed by atoms with van der Waals surface area (Å²) in [5, 5.41) is 3.86. The highest BCUT2D eigenvalue weighted by molar-refractivity contribution is 7.88. The molecule has 0 saturated carbocycles. The van der Waals surface area contributed by atoms with E-state index in [1.54, 1.807) is 13.2 Å². The molecule has 20 heavy (non-hydrogen) atoms. The van der Waals surface area contributed by atoms with Crippen LogP contribution in [0.4, 0.5) is 0 Å². The molecule has 1 aromatic heterocycles. The van der Waals surface area contributed by atoms with Gasteiger partial charge in [0.1, 0.15) is 5.75 Å². The van der Waals surface area contributed by atoms with Gasteiger partial charge < -0.3 is 9.26 Å². The topological polar surface area (TPSA) is 94.3 Å². The molecular weight excluding hydrogens is 282 g/mol. The normalized spacial score (nSPS) is 11.5. The second-order valence-electron chi connectivity index (χ2n) is 4.16.